The number of nitrogens with one attached hydrogen (secondary N) is 1. The number of aromatic nitrogens is 1. The number of fused-ring (bicyclic) bond motifs is 1. The highest BCUT2D eigenvalue weighted by atomic mass is 14.9. The van der Waals surface area contributed by atoms with Gasteiger partial charge in [0.2, 0.25) is 0 Å². The van der Waals surface area contributed by atoms with E-state index in [0.717, 1.165) is 29.6 Å². The van der Waals surface area contributed by atoms with Crippen LogP contribution >= 0.6 is 0 Å². The van der Waals surface area contributed by atoms with E-state index in [2.05, 4.69) is 30.2 Å². The van der Waals surface area contributed by atoms with Crippen LogP contribution in [-0.2, 0) is 0 Å². The maximum absolute atomic E-state index is 5.99. The Balaban J connectivity index is 2.34. The summed E-state index contributed by atoms with van der Waals surface area (Å²) < 4.78 is 0. The fourth-order valence-corrected chi connectivity index (χ4v) is 1.77. The van der Waals surface area contributed by atoms with Crippen LogP contribution in [0.2, 0.25) is 0 Å². The van der Waals surface area contributed by atoms with Crippen LogP contribution in [0.5, 0.6) is 0 Å². The zero-order valence-electron chi connectivity index (χ0n) is 10.4. The van der Waals surface area contributed by atoms with Crippen LogP contribution in [0.4, 0.5) is 11.4 Å². The van der Waals surface area contributed by atoms with Gasteiger partial charge in [-0.15, -0.1) is 0 Å². The van der Waals surface area contributed by atoms with Crippen molar-refractivity contribution in [1.29, 1.82) is 0 Å². The lowest BCUT2D eigenvalue weighted by molar-refractivity contribution is 0.594. The van der Waals surface area contributed by atoms with E-state index < -0.39 is 0 Å². The van der Waals surface area contributed by atoms with Gasteiger partial charge in [-0.3, -0.25) is 4.98 Å². The Morgan fingerprint density at radius 3 is 2.88 bits per heavy atom. The van der Waals surface area contributed by atoms with Crippen LogP contribution in [0.3, 0.4) is 0 Å². The maximum atomic E-state index is 5.99. The third kappa shape index (κ3) is 2.49. The van der Waals surface area contributed by atoms with Gasteiger partial charge in [0, 0.05) is 11.9 Å². The smallest absolute Gasteiger partial charge is 0.0743 e. The molecule has 0 saturated heterocycles. The summed E-state index contributed by atoms with van der Waals surface area (Å²) in [5.41, 5.74) is 8.69. The Morgan fingerprint density at radius 1 is 1.35 bits per heavy atom. The molecular weight excluding hydrogens is 210 g/mol. The average molecular weight is 229 g/mol. The van der Waals surface area contributed by atoms with Crippen LogP contribution in [0.25, 0.3) is 10.9 Å². The molecule has 2 aromatic rings. The Bertz CT molecular complexity index is 508. The predicted octanol–water partition coefficient (Wildman–Crippen LogP) is 3.28. The Hall–Kier alpha value is -1.77. The monoisotopic (exact) mass is 229 g/mol. The summed E-state index contributed by atoms with van der Waals surface area (Å²) in [6.45, 7) is 5.36. The van der Waals surface area contributed by atoms with Crippen molar-refractivity contribution in [3.05, 3.63) is 30.5 Å². The van der Waals surface area contributed by atoms with E-state index in [4.69, 9.17) is 5.73 Å². The maximum Gasteiger partial charge on any atom is 0.0743 e. The largest absolute Gasteiger partial charge is 0.396 e. The van der Waals surface area contributed by atoms with E-state index in [-0.39, 0.29) is 0 Å². The number of hydrogen-bond acceptors (Lipinski definition) is 3. The molecule has 0 radical (unpaired) electrons. The normalized spacial score (nSPS) is 12.6. The molecule has 3 heteroatoms. The molecule has 1 unspecified atom stereocenters. The minimum absolute atomic E-state index is 0.640. The summed E-state index contributed by atoms with van der Waals surface area (Å²) in [6, 6.07) is 8.06. The van der Waals surface area contributed by atoms with Crippen molar-refractivity contribution in [3.8, 4) is 0 Å². The standard InChI is InChI=1S/C14H19N3/c1-3-10(2)8-17-14-11-6-4-5-7-13(11)16-9-12(14)15/h4-7,9-10H,3,8,15H2,1-2H3,(H,16,17). The lowest BCUT2D eigenvalue weighted by atomic mass is 10.1. The second-order valence-corrected chi connectivity index (χ2v) is 4.50. The zero-order valence-corrected chi connectivity index (χ0v) is 10.4. The minimum atomic E-state index is 0.640. The minimum Gasteiger partial charge on any atom is -0.396 e. The molecule has 0 fully saturated rings. The van der Waals surface area contributed by atoms with Crippen molar-refractivity contribution in [2.45, 2.75) is 20.3 Å². The Morgan fingerprint density at radius 2 is 2.12 bits per heavy atom. The summed E-state index contributed by atoms with van der Waals surface area (Å²) >= 11 is 0. The summed E-state index contributed by atoms with van der Waals surface area (Å²) in [7, 11) is 0. The molecule has 0 spiro atoms. The fourth-order valence-electron chi connectivity index (χ4n) is 1.77. The molecule has 90 valence electrons. The molecule has 3 nitrogen and oxygen atoms in total. The Kier molecular flexibility index (Phi) is 3.47. The van der Waals surface area contributed by atoms with Gasteiger partial charge in [0.25, 0.3) is 0 Å². The van der Waals surface area contributed by atoms with E-state index in [0.29, 0.717) is 11.6 Å². The predicted molar refractivity (Wildman–Crippen MR) is 74.1 cm³/mol. The van der Waals surface area contributed by atoms with Gasteiger partial charge < -0.3 is 11.1 Å². The van der Waals surface area contributed by atoms with E-state index in [9.17, 15) is 0 Å². The zero-order chi connectivity index (χ0) is 12.3. The Labute approximate surface area is 102 Å². The molecule has 1 atom stereocenters. The number of pyridine rings is 1. The first-order valence-corrected chi connectivity index (χ1v) is 6.09. The van der Waals surface area contributed by atoms with Crippen molar-refractivity contribution in [2.75, 3.05) is 17.6 Å². The number of nitrogens with zero attached hydrogens (tertiary/aromatic N) is 1. The molecule has 1 aromatic carbocycles. The van der Waals surface area contributed by atoms with Crippen molar-refractivity contribution in [3.63, 3.8) is 0 Å². The number of nitrogen functional groups attached to an aromatic ring is 1. The molecule has 0 amide bonds. The van der Waals surface area contributed by atoms with Crippen LogP contribution in [0.1, 0.15) is 20.3 Å². The molecule has 17 heavy (non-hydrogen) atoms. The van der Waals surface area contributed by atoms with Crippen molar-refractivity contribution < 1.29 is 0 Å². The molecule has 1 aromatic heterocycles. The topological polar surface area (TPSA) is 50.9 Å². The fraction of sp³-hybridized carbons (Fsp3) is 0.357. The molecule has 3 N–H and O–H groups in total. The number of hydrogen-bond donors (Lipinski definition) is 2. The number of anilines is 2. The quantitative estimate of drug-likeness (QED) is 0.846. The molecule has 2 rings (SSSR count). The molecule has 0 saturated carbocycles. The van der Waals surface area contributed by atoms with Crippen LogP contribution in [-0.4, -0.2) is 11.5 Å². The van der Waals surface area contributed by atoms with Crippen LogP contribution < -0.4 is 11.1 Å². The van der Waals surface area contributed by atoms with E-state index in [1.807, 2.05) is 18.2 Å². The highest BCUT2D eigenvalue weighted by Crippen LogP contribution is 2.27. The third-order valence-corrected chi connectivity index (χ3v) is 3.13. The van der Waals surface area contributed by atoms with Gasteiger partial charge >= 0.3 is 0 Å². The first-order chi connectivity index (χ1) is 8.22. The van der Waals surface area contributed by atoms with Crippen LogP contribution in [0.15, 0.2) is 30.5 Å². The SMILES string of the molecule is CCC(C)CNc1c(N)cnc2ccccc12. The van der Waals surface area contributed by atoms with Gasteiger partial charge in [-0.25, -0.2) is 0 Å². The van der Waals surface area contributed by atoms with E-state index >= 15 is 0 Å². The van der Waals surface area contributed by atoms with Gasteiger partial charge in [-0.05, 0) is 12.0 Å². The molecule has 0 aliphatic rings. The number of benzene rings is 1. The highest BCUT2D eigenvalue weighted by Gasteiger charge is 2.06. The third-order valence-electron chi connectivity index (χ3n) is 3.13. The van der Waals surface area contributed by atoms with E-state index in [1.165, 1.54) is 0 Å². The highest BCUT2D eigenvalue weighted by molar-refractivity contribution is 5.96. The first kappa shape index (κ1) is 11.7. The number of para-hydroxylation sites is 1. The summed E-state index contributed by atoms with van der Waals surface area (Å²) in [5.74, 6) is 0.640. The first-order valence-electron chi connectivity index (χ1n) is 6.09. The van der Waals surface area contributed by atoms with Gasteiger partial charge in [-0.1, -0.05) is 38.5 Å². The summed E-state index contributed by atoms with van der Waals surface area (Å²) in [4.78, 5) is 4.32. The molecule has 0 aliphatic heterocycles. The lowest BCUT2D eigenvalue weighted by Crippen LogP contribution is -2.12. The number of nitrogens with two attached hydrogens (primary N) is 1. The summed E-state index contributed by atoms with van der Waals surface area (Å²) in [5, 5.41) is 4.53. The van der Waals surface area contributed by atoms with Crippen molar-refractivity contribution in [1.82, 2.24) is 4.98 Å². The lowest BCUT2D eigenvalue weighted by Gasteiger charge is -2.15. The van der Waals surface area contributed by atoms with Gasteiger partial charge in [0.15, 0.2) is 0 Å². The average Bonchev–Trinajstić information content (AvgIpc) is 2.37. The molecule has 1 heterocycles. The van der Waals surface area contributed by atoms with Gasteiger partial charge in [0.05, 0.1) is 23.1 Å². The number of rotatable bonds is 4. The second-order valence-electron chi connectivity index (χ2n) is 4.50. The molecular formula is C14H19N3. The van der Waals surface area contributed by atoms with Gasteiger partial charge in [0.1, 0.15) is 0 Å². The summed E-state index contributed by atoms with van der Waals surface area (Å²) in [6.07, 6.45) is 2.89. The van der Waals surface area contributed by atoms with E-state index in [1.54, 1.807) is 6.20 Å². The second kappa shape index (κ2) is 5.04. The van der Waals surface area contributed by atoms with Crippen LogP contribution in [0, 0.1) is 5.92 Å². The van der Waals surface area contributed by atoms with Crippen molar-refractivity contribution in [2.24, 2.45) is 5.92 Å². The molecule has 0 aliphatic carbocycles. The van der Waals surface area contributed by atoms with Gasteiger partial charge in [-0.2, -0.15) is 0 Å². The van der Waals surface area contributed by atoms with Crippen molar-refractivity contribution >= 4 is 22.3 Å². The molecule has 0 bridgehead atoms.